The van der Waals surface area contributed by atoms with Gasteiger partial charge in [-0.25, -0.2) is 9.97 Å². The Morgan fingerprint density at radius 2 is 0.937 bits per heavy atom. The summed E-state index contributed by atoms with van der Waals surface area (Å²) in [7, 11) is 0. The zero-order chi connectivity index (χ0) is 54.4. The molecule has 2 N–H and O–H groups in total. The number of nitrogens with zero attached hydrogens (tertiary/aromatic N) is 9. The molecule has 13 nitrogen and oxygen atoms in total. The number of carbonyl (C=O) groups excluding carboxylic acids is 1. The molecular formula is C66H80N10O3. The van der Waals surface area contributed by atoms with E-state index in [2.05, 4.69) is 153 Å². The molecule has 6 saturated heterocycles. The first kappa shape index (κ1) is 53.3. The lowest BCUT2D eigenvalue weighted by Crippen LogP contribution is -2.50. The van der Waals surface area contributed by atoms with Gasteiger partial charge in [-0.15, -0.1) is 0 Å². The summed E-state index contributed by atoms with van der Waals surface area (Å²) >= 11 is 0. The molecule has 14 rings (SSSR count). The quantitative estimate of drug-likeness (QED) is 0.121. The van der Waals surface area contributed by atoms with E-state index in [1.807, 2.05) is 4.90 Å². The molecule has 0 radical (unpaired) electrons. The van der Waals surface area contributed by atoms with Crippen LogP contribution in [0.5, 0.6) is 0 Å². The van der Waals surface area contributed by atoms with Gasteiger partial charge in [0, 0.05) is 49.3 Å². The van der Waals surface area contributed by atoms with E-state index in [4.69, 9.17) is 20.3 Å². The van der Waals surface area contributed by atoms with Crippen molar-refractivity contribution in [3.05, 3.63) is 132 Å². The summed E-state index contributed by atoms with van der Waals surface area (Å²) in [6.45, 7) is 10.6. The number of carbonyl (C=O) groups is 2. The third-order valence-corrected chi connectivity index (χ3v) is 20.8. The van der Waals surface area contributed by atoms with Crippen LogP contribution in [0.4, 0.5) is 0 Å². The van der Waals surface area contributed by atoms with Crippen LogP contribution in [-0.4, -0.2) is 114 Å². The molecule has 4 bridgehead atoms. The first-order chi connectivity index (χ1) is 38.5. The number of carboxylic acid groups (broad SMARTS) is 1. The van der Waals surface area contributed by atoms with Crippen LogP contribution in [0, 0.1) is 47.3 Å². The molecule has 79 heavy (non-hydrogen) atoms. The molecule has 0 spiro atoms. The van der Waals surface area contributed by atoms with Crippen LogP contribution in [0.3, 0.4) is 0 Å². The Labute approximate surface area is 467 Å². The van der Waals surface area contributed by atoms with Crippen LogP contribution in [0.25, 0.3) is 22.1 Å². The van der Waals surface area contributed by atoms with Crippen molar-refractivity contribution in [2.75, 3.05) is 39.3 Å². The van der Waals surface area contributed by atoms with E-state index in [1.54, 1.807) is 11.6 Å². The second kappa shape index (κ2) is 21.9. The lowest BCUT2D eigenvalue weighted by atomic mass is 9.70. The van der Waals surface area contributed by atoms with Gasteiger partial charge in [0.25, 0.3) is 0 Å². The SMILES string of the molecule is Cc1nc2ccccc2n1C1C[C@H]2CC[C@@H](C1)N2CCC1(c2ccccc2)CCN(C(=O)C2(C#N)CC2)CC1.Cc1nc2ccccc2n1C1C[C@H]2CC[C@@H](C1)N2CCC1(c2ccccc2)CCNCC1.N#CC1(C(=O)O)CC1. The Balaban J connectivity index is 0.000000140. The smallest absolute Gasteiger partial charge is 0.324 e. The number of piperidine rings is 4. The maximum atomic E-state index is 13.1. The number of aryl methyl sites for hydroxylation is 2. The van der Waals surface area contributed by atoms with Crippen LogP contribution in [0.15, 0.2) is 109 Å². The van der Waals surface area contributed by atoms with Gasteiger partial charge in [-0.2, -0.15) is 10.5 Å². The third kappa shape index (κ3) is 10.3. The number of aromatic nitrogens is 4. The number of rotatable bonds is 12. The summed E-state index contributed by atoms with van der Waals surface area (Å²) in [4.78, 5) is 40.6. The van der Waals surface area contributed by atoms with Crippen molar-refractivity contribution in [1.29, 1.82) is 10.5 Å². The van der Waals surface area contributed by atoms with E-state index in [-0.39, 0.29) is 11.3 Å². The molecule has 13 heteroatoms. The molecule has 2 saturated carbocycles. The Hall–Kier alpha value is -6.38. The fourth-order valence-corrected chi connectivity index (χ4v) is 15.9. The Bertz CT molecular complexity index is 3190. The first-order valence-electron chi connectivity index (χ1n) is 30.0. The second-order valence-corrected chi connectivity index (χ2v) is 25.1. The number of hydrogen-bond acceptors (Lipinski definition) is 9. The van der Waals surface area contributed by atoms with Crippen molar-refractivity contribution >= 4 is 33.9 Å². The maximum absolute atomic E-state index is 13.1. The number of nitriles is 2. The van der Waals surface area contributed by atoms with Gasteiger partial charge in [-0.3, -0.25) is 19.4 Å². The zero-order valence-corrected chi connectivity index (χ0v) is 46.6. The predicted octanol–water partition coefficient (Wildman–Crippen LogP) is 11.4. The van der Waals surface area contributed by atoms with Crippen molar-refractivity contribution in [2.45, 2.75) is 177 Å². The summed E-state index contributed by atoms with van der Waals surface area (Å²) in [6.07, 6.45) is 19.7. The molecule has 6 aromatic rings. The van der Waals surface area contributed by atoms with Gasteiger partial charge in [-0.1, -0.05) is 84.9 Å². The van der Waals surface area contributed by atoms with Crippen LogP contribution in [-0.2, 0) is 20.4 Å². The van der Waals surface area contributed by atoms with E-state index < -0.39 is 16.8 Å². The number of amides is 1. The lowest BCUT2D eigenvalue weighted by Gasteiger charge is -2.46. The Morgan fingerprint density at radius 1 is 0.544 bits per heavy atom. The number of carboxylic acids is 1. The molecule has 4 aromatic carbocycles. The second-order valence-electron chi connectivity index (χ2n) is 25.1. The van der Waals surface area contributed by atoms with E-state index >= 15 is 0 Å². The monoisotopic (exact) mass is 1060 g/mol. The minimum atomic E-state index is -0.986. The average Bonchev–Trinajstić information content (AvgIpc) is 4.43. The maximum Gasteiger partial charge on any atom is 0.324 e. The van der Waals surface area contributed by atoms with Crippen molar-refractivity contribution in [2.24, 2.45) is 10.8 Å². The highest BCUT2D eigenvalue weighted by Crippen LogP contribution is 2.50. The number of likely N-dealkylation sites (tertiary alicyclic amines) is 1. The first-order valence-corrected chi connectivity index (χ1v) is 30.0. The summed E-state index contributed by atoms with van der Waals surface area (Å²) in [5.41, 5.74) is 6.58. The normalized spacial score (nSPS) is 26.9. The van der Waals surface area contributed by atoms with Crippen LogP contribution < -0.4 is 5.32 Å². The molecular weight excluding hydrogens is 981 g/mol. The number of benzene rings is 4. The number of imidazole rings is 2. The number of para-hydroxylation sites is 4. The molecule has 8 heterocycles. The topological polar surface area (TPSA) is 159 Å². The summed E-state index contributed by atoms with van der Waals surface area (Å²) in [6, 6.07) is 47.6. The molecule has 2 aliphatic carbocycles. The van der Waals surface area contributed by atoms with Crippen LogP contribution >= 0.6 is 0 Å². The van der Waals surface area contributed by atoms with Gasteiger partial charge in [0.1, 0.15) is 17.1 Å². The van der Waals surface area contributed by atoms with Crippen LogP contribution in [0.1, 0.15) is 150 Å². The molecule has 6 aliphatic heterocycles. The van der Waals surface area contributed by atoms with E-state index in [0.717, 1.165) is 93.8 Å². The molecule has 2 aromatic heterocycles. The Morgan fingerprint density at radius 3 is 1.32 bits per heavy atom. The minimum Gasteiger partial charge on any atom is -0.480 e. The van der Waals surface area contributed by atoms with Gasteiger partial charge in [0.15, 0.2) is 5.41 Å². The molecule has 6 atom stereocenters. The molecule has 2 unspecified atom stereocenters. The standard InChI is InChI=1S/C33H39N5O.C28H36N4.C5H5NO2/c1-24-35-29-9-5-6-10-30(29)38(24)28-21-26-11-12-27(22-28)37(26)20-17-32(25-7-3-2-4-8-25)15-18-36(19-16-32)31(39)33(23-34)13-14-33;1-21-30-26-9-5-6-10-27(26)32(21)25-19-23-11-12-24(20-25)31(23)18-15-28(13-16-29-17-14-28)22-7-3-2-4-8-22;6-3-5(1-2-5)4(7)8/h2-10,26-28H,11-22H2,1H3;2-10,23-25,29H,11-20H2,1H3;1-2H2,(H,7,8)/t26-,27+,28?;23-,24+,25?;. The Kier molecular flexibility index (Phi) is 14.8. The van der Waals surface area contributed by atoms with Gasteiger partial charge >= 0.3 is 5.97 Å². The van der Waals surface area contributed by atoms with Crippen LogP contribution in [0.2, 0.25) is 0 Å². The zero-order valence-electron chi connectivity index (χ0n) is 46.6. The van der Waals surface area contributed by atoms with Gasteiger partial charge in [-0.05, 0) is 202 Å². The molecule has 1 amide bonds. The van der Waals surface area contributed by atoms with Crippen molar-refractivity contribution in [3.63, 3.8) is 0 Å². The highest BCUT2D eigenvalue weighted by Gasteiger charge is 2.54. The number of fused-ring (bicyclic) bond motifs is 6. The third-order valence-electron chi connectivity index (χ3n) is 20.8. The highest BCUT2D eigenvalue weighted by molar-refractivity contribution is 5.88. The largest absolute Gasteiger partial charge is 0.480 e. The fraction of sp³-hybridized carbons (Fsp3) is 0.545. The van der Waals surface area contributed by atoms with Crippen molar-refractivity contribution in [1.82, 2.24) is 39.1 Å². The minimum absolute atomic E-state index is 0.0779. The summed E-state index contributed by atoms with van der Waals surface area (Å²) < 4.78 is 5.07. The van der Waals surface area contributed by atoms with Gasteiger partial charge in [0.05, 0.1) is 34.2 Å². The van der Waals surface area contributed by atoms with Gasteiger partial charge < -0.3 is 24.5 Å². The van der Waals surface area contributed by atoms with E-state index in [0.29, 0.717) is 42.4 Å². The molecule has 8 aliphatic rings. The number of hydrogen-bond donors (Lipinski definition) is 2. The number of nitrogens with one attached hydrogen (secondary N) is 1. The van der Waals surface area contributed by atoms with Gasteiger partial charge in [0.2, 0.25) is 5.91 Å². The fourth-order valence-electron chi connectivity index (χ4n) is 15.9. The lowest BCUT2D eigenvalue weighted by molar-refractivity contribution is -0.141. The predicted molar refractivity (Wildman–Crippen MR) is 308 cm³/mol. The van der Waals surface area contributed by atoms with E-state index in [9.17, 15) is 14.9 Å². The van der Waals surface area contributed by atoms with E-state index in [1.165, 1.54) is 99.6 Å². The van der Waals surface area contributed by atoms with Crippen molar-refractivity contribution in [3.8, 4) is 12.1 Å². The molecule has 412 valence electrons. The molecule has 8 fully saturated rings. The summed E-state index contributed by atoms with van der Waals surface area (Å²) in [5.74, 6) is 1.43. The number of aliphatic carboxylic acids is 1. The van der Waals surface area contributed by atoms with Crippen molar-refractivity contribution < 1.29 is 14.7 Å². The average molecular weight is 1060 g/mol. The summed E-state index contributed by atoms with van der Waals surface area (Å²) in [5, 5.41) is 29.6. The highest BCUT2D eigenvalue weighted by atomic mass is 16.4.